The normalized spacial score (nSPS) is 10.8. The van der Waals surface area contributed by atoms with Crippen LogP contribution in [0, 0.1) is 0 Å². The summed E-state index contributed by atoms with van der Waals surface area (Å²) in [6.45, 7) is 5.98. The van der Waals surface area contributed by atoms with Gasteiger partial charge < -0.3 is 5.11 Å². The molecule has 0 aliphatic carbocycles. The Hall–Kier alpha value is -0.900. The lowest BCUT2D eigenvalue weighted by Crippen LogP contribution is -2.00. The lowest BCUT2D eigenvalue weighted by Gasteiger charge is -1.94. The van der Waals surface area contributed by atoms with Crippen LogP contribution in [0.1, 0.15) is 47.1 Å². The van der Waals surface area contributed by atoms with Gasteiger partial charge >= 0.3 is 5.97 Å². The Labute approximate surface area is 81.4 Å². The second-order valence-electron chi connectivity index (χ2n) is 3.14. The zero-order valence-corrected chi connectivity index (χ0v) is 8.81. The topological polar surface area (TPSA) is 50.2 Å². The molecule has 1 N–H and O–H groups in total. The van der Waals surface area contributed by atoms with Gasteiger partial charge in [-0.25, -0.2) is 9.78 Å². The largest absolute Gasteiger partial charge is 0.476 e. The van der Waals surface area contributed by atoms with Gasteiger partial charge in [0, 0.05) is 10.8 Å². The molecule has 0 unspecified atom stereocenters. The number of aromatic nitrogens is 1. The van der Waals surface area contributed by atoms with Crippen molar-refractivity contribution in [3.05, 3.63) is 15.6 Å². The van der Waals surface area contributed by atoms with Crippen molar-refractivity contribution >= 4 is 17.3 Å². The van der Waals surface area contributed by atoms with Crippen molar-refractivity contribution in [3.63, 3.8) is 0 Å². The number of carboxylic acids is 1. The summed E-state index contributed by atoms with van der Waals surface area (Å²) in [6.07, 6.45) is 0.742. The molecule has 0 aliphatic rings. The fourth-order valence-corrected chi connectivity index (χ4v) is 2.02. The smallest absolute Gasteiger partial charge is 0.355 e. The van der Waals surface area contributed by atoms with Crippen molar-refractivity contribution in [1.29, 1.82) is 0 Å². The zero-order chi connectivity index (χ0) is 10.0. The molecule has 0 atom stereocenters. The number of hydrogen-bond donors (Lipinski definition) is 1. The van der Waals surface area contributed by atoms with Crippen molar-refractivity contribution in [3.8, 4) is 0 Å². The Bertz CT molecular complexity index is 317. The Morgan fingerprint density at radius 2 is 2.23 bits per heavy atom. The number of nitrogens with zero attached hydrogens (tertiary/aromatic N) is 1. The first-order chi connectivity index (χ1) is 6.06. The summed E-state index contributed by atoms with van der Waals surface area (Å²) in [5.74, 6) is -0.608. The van der Waals surface area contributed by atoms with Crippen LogP contribution in [-0.4, -0.2) is 16.1 Å². The van der Waals surface area contributed by atoms with Crippen LogP contribution in [0.2, 0.25) is 0 Å². The molecule has 0 fully saturated rings. The molecule has 0 bridgehead atoms. The summed E-state index contributed by atoms with van der Waals surface area (Å²) >= 11 is 1.50. The maximum atomic E-state index is 10.8. The molecule has 72 valence electrons. The van der Waals surface area contributed by atoms with Crippen molar-refractivity contribution in [2.75, 3.05) is 0 Å². The van der Waals surface area contributed by atoms with Crippen molar-refractivity contribution in [1.82, 2.24) is 4.98 Å². The molecular weight excluding hydrogens is 186 g/mol. The highest BCUT2D eigenvalue weighted by atomic mass is 32.1. The molecule has 0 spiro atoms. The number of carboxylic acid groups (broad SMARTS) is 1. The molecule has 0 saturated carbocycles. The summed E-state index contributed by atoms with van der Waals surface area (Å²) in [4.78, 5) is 15.7. The van der Waals surface area contributed by atoms with Crippen LogP contribution in [0.4, 0.5) is 0 Å². The summed E-state index contributed by atoms with van der Waals surface area (Å²) in [5, 5.41) is 9.75. The van der Waals surface area contributed by atoms with Gasteiger partial charge in [-0.1, -0.05) is 20.8 Å². The van der Waals surface area contributed by atoms with Gasteiger partial charge in [-0.3, -0.25) is 0 Å². The third-order valence-corrected chi connectivity index (χ3v) is 3.23. The number of thiazole rings is 1. The summed E-state index contributed by atoms with van der Waals surface area (Å²) < 4.78 is 0. The van der Waals surface area contributed by atoms with Gasteiger partial charge in [0.15, 0.2) is 5.69 Å². The average Bonchev–Trinajstić information content (AvgIpc) is 2.47. The maximum absolute atomic E-state index is 10.8. The predicted octanol–water partition coefficient (Wildman–Crippen LogP) is 2.53. The lowest BCUT2D eigenvalue weighted by atomic mass is 10.2. The highest BCUT2D eigenvalue weighted by Gasteiger charge is 2.16. The van der Waals surface area contributed by atoms with E-state index in [0.717, 1.165) is 16.3 Å². The Balaban J connectivity index is 3.11. The molecule has 0 amide bonds. The minimum Gasteiger partial charge on any atom is -0.476 e. The van der Waals surface area contributed by atoms with Crippen LogP contribution < -0.4 is 0 Å². The Morgan fingerprint density at radius 1 is 1.62 bits per heavy atom. The third kappa shape index (κ3) is 2.06. The highest BCUT2D eigenvalue weighted by molar-refractivity contribution is 7.12. The molecule has 1 aromatic heterocycles. The molecule has 0 saturated heterocycles. The van der Waals surface area contributed by atoms with E-state index < -0.39 is 5.97 Å². The van der Waals surface area contributed by atoms with Gasteiger partial charge in [-0.05, 0) is 6.42 Å². The Morgan fingerprint density at radius 3 is 2.54 bits per heavy atom. The van der Waals surface area contributed by atoms with Crippen LogP contribution in [-0.2, 0) is 6.42 Å². The summed E-state index contributed by atoms with van der Waals surface area (Å²) in [6, 6.07) is 0. The number of rotatable bonds is 3. The molecule has 0 aromatic carbocycles. The zero-order valence-electron chi connectivity index (χ0n) is 8.00. The fourth-order valence-electron chi connectivity index (χ4n) is 1.02. The molecule has 1 aromatic rings. The minimum absolute atomic E-state index is 0.233. The van der Waals surface area contributed by atoms with Gasteiger partial charge in [0.25, 0.3) is 0 Å². The van der Waals surface area contributed by atoms with E-state index >= 15 is 0 Å². The van der Waals surface area contributed by atoms with E-state index in [9.17, 15) is 4.79 Å². The highest BCUT2D eigenvalue weighted by Crippen LogP contribution is 2.25. The molecule has 0 aliphatic heterocycles. The van der Waals surface area contributed by atoms with E-state index in [1.165, 1.54) is 11.3 Å². The predicted molar refractivity (Wildman–Crippen MR) is 52.5 cm³/mol. The molecule has 0 radical (unpaired) electrons. The SMILES string of the molecule is CCc1sc(C(C)C)nc1C(=O)O. The minimum atomic E-state index is -0.917. The lowest BCUT2D eigenvalue weighted by molar-refractivity contribution is 0.0690. The van der Waals surface area contributed by atoms with E-state index in [0.29, 0.717) is 5.92 Å². The van der Waals surface area contributed by atoms with Crippen LogP contribution in [0.3, 0.4) is 0 Å². The van der Waals surface area contributed by atoms with E-state index in [-0.39, 0.29) is 5.69 Å². The van der Waals surface area contributed by atoms with Crippen LogP contribution in [0.25, 0.3) is 0 Å². The first kappa shape index (κ1) is 10.2. The monoisotopic (exact) mass is 199 g/mol. The van der Waals surface area contributed by atoms with E-state index in [1.807, 2.05) is 20.8 Å². The van der Waals surface area contributed by atoms with E-state index in [4.69, 9.17) is 5.11 Å². The number of aryl methyl sites for hydroxylation is 1. The number of aromatic carboxylic acids is 1. The van der Waals surface area contributed by atoms with Crippen LogP contribution >= 0.6 is 11.3 Å². The standard InChI is InChI=1S/C9H13NO2S/c1-4-6-7(9(11)12)10-8(13-6)5(2)3/h5H,4H2,1-3H3,(H,11,12). The molecule has 13 heavy (non-hydrogen) atoms. The van der Waals surface area contributed by atoms with E-state index in [2.05, 4.69) is 4.98 Å². The van der Waals surface area contributed by atoms with Gasteiger partial charge in [0.2, 0.25) is 0 Å². The van der Waals surface area contributed by atoms with Crippen LogP contribution in [0.15, 0.2) is 0 Å². The molecule has 1 rings (SSSR count). The van der Waals surface area contributed by atoms with Gasteiger partial charge in [0.1, 0.15) is 0 Å². The summed E-state index contributed by atoms with van der Waals surface area (Å²) in [7, 11) is 0. The number of hydrogen-bond acceptors (Lipinski definition) is 3. The quantitative estimate of drug-likeness (QED) is 0.813. The van der Waals surface area contributed by atoms with E-state index in [1.54, 1.807) is 0 Å². The molecular formula is C9H13NO2S. The van der Waals surface area contributed by atoms with Gasteiger partial charge in [-0.2, -0.15) is 0 Å². The molecule has 4 heteroatoms. The van der Waals surface area contributed by atoms with Crippen LogP contribution in [0.5, 0.6) is 0 Å². The van der Waals surface area contributed by atoms with Crippen molar-refractivity contribution in [2.45, 2.75) is 33.1 Å². The van der Waals surface area contributed by atoms with Crippen molar-refractivity contribution in [2.24, 2.45) is 0 Å². The summed E-state index contributed by atoms with van der Waals surface area (Å²) in [5.41, 5.74) is 0.233. The van der Waals surface area contributed by atoms with Gasteiger partial charge in [-0.15, -0.1) is 11.3 Å². The average molecular weight is 199 g/mol. The second kappa shape index (κ2) is 3.87. The van der Waals surface area contributed by atoms with Crippen molar-refractivity contribution < 1.29 is 9.90 Å². The third-order valence-electron chi connectivity index (χ3n) is 1.73. The Kier molecular flexibility index (Phi) is 3.03. The van der Waals surface area contributed by atoms with Gasteiger partial charge in [0.05, 0.1) is 5.01 Å². The first-order valence-corrected chi connectivity index (χ1v) is 5.10. The second-order valence-corrected chi connectivity index (χ2v) is 4.25. The first-order valence-electron chi connectivity index (χ1n) is 4.29. The fraction of sp³-hybridized carbons (Fsp3) is 0.556. The number of carbonyl (C=O) groups is 1. The maximum Gasteiger partial charge on any atom is 0.355 e. The molecule has 3 nitrogen and oxygen atoms in total. The molecule has 1 heterocycles.